The van der Waals surface area contributed by atoms with E-state index in [2.05, 4.69) is 0 Å². The third kappa shape index (κ3) is 2.18. The lowest BCUT2D eigenvalue weighted by molar-refractivity contribution is -0.187. The van der Waals surface area contributed by atoms with Gasteiger partial charge in [-0.3, -0.25) is 14.4 Å². The SMILES string of the molecule is CC(=O)O[C@]1(C)Cn2c(=O)c3ccccc3c(=O)n2C[C@@]1(C)F. The number of carbonyl (C=O) groups is 1. The lowest BCUT2D eigenvalue weighted by atomic mass is 9.85. The molecule has 0 saturated heterocycles. The van der Waals surface area contributed by atoms with Gasteiger partial charge in [0.1, 0.15) is 0 Å². The number of carbonyl (C=O) groups excluding carboxylic acids is 1. The van der Waals surface area contributed by atoms with Gasteiger partial charge in [0.25, 0.3) is 11.1 Å². The minimum Gasteiger partial charge on any atom is -0.454 e. The number of fused-ring (bicyclic) bond motifs is 2. The summed E-state index contributed by atoms with van der Waals surface area (Å²) < 4.78 is 22.5. The van der Waals surface area contributed by atoms with Gasteiger partial charge in [0, 0.05) is 6.92 Å². The maximum atomic E-state index is 15.1. The van der Waals surface area contributed by atoms with E-state index in [1.165, 1.54) is 20.8 Å². The molecule has 2 aromatic rings. The lowest BCUT2D eigenvalue weighted by Crippen LogP contribution is -2.63. The molecule has 0 amide bonds. The molecular weight excluding hydrogens is 303 g/mol. The second kappa shape index (κ2) is 4.78. The predicted molar refractivity (Wildman–Crippen MR) is 82.2 cm³/mol. The first kappa shape index (κ1) is 15.5. The fourth-order valence-electron chi connectivity index (χ4n) is 3.02. The fourth-order valence-corrected chi connectivity index (χ4v) is 3.02. The number of hydrogen-bond donors (Lipinski definition) is 0. The van der Waals surface area contributed by atoms with E-state index >= 15 is 4.39 Å². The van der Waals surface area contributed by atoms with Crippen molar-refractivity contribution in [2.24, 2.45) is 0 Å². The van der Waals surface area contributed by atoms with Crippen molar-refractivity contribution in [2.75, 3.05) is 0 Å². The Morgan fingerprint density at radius 2 is 1.57 bits per heavy atom. The van der Waals surface area contributed by atoms with Crippen molar-refractivity contribution in [3.05, 3.63) is 45.0 Å². The summed E-state index contributed by atoms with van der Waals surface area (Å²) in [6.45, 7) is 3.30. The summed E-state index contributed by atoms with van der Waals surface area (Å²) in [4.78, 5) is 36.6. The Labute approximate surface area is 131 Å². The fraction of sp³-hybridized carbons (Fsp3) is 0.438. The molecule has 0 aliphatic carbocycles. The number of hydrogen-bond acceptors (Lipinski definition) is 4. The molecule has 3 rings (SSSR count). The molecule has 0 unspecified atom stereocenters. The minimum absolute atomic E-state index is 0.224. The van der Waals surface area contributed by atoms with Crippen LogP contribution in [0.4, 0.5) is 4.39 Å². The molecule has 0 spiro atoms. The third-order valence-electron chi connectivity index (χ3n) is 4.52. The summed E-state index contributed by atoms with van der Waals surface area (Å²) in [6.07, 6.45) is 0. The van der Waals surface area contributed by atoms with Crippen LogP contribution in [0.1, 0.15) is 20.8 Å². The van der Waals surface area contributed by atoms with Crippen molar-refractivity contribution in [1.29, 1.82) is 0 Å². The van der Waals surface area contributed by atoms with Crippen LogP contribution in [-0.4, -0.2) is 26.6 Å². The highest BCUT2D eigenvalue weighted by molar-refractivity contribution is 5.80. The molecule has 0 N–H and O–H groups in total. The van der Waals surface area contributed by atoms with E-state index in [0.717, 1.165) is 9.36 Å². The third-order valence-corrected chi connectivity index (χ3v) is 4.52. The Morgan fingerprint density at radius 3 is 2.04 bits per heavy atom. The van der Waals surface area contributed by atoms with E-state index < -0.39 is 28.4 Å². The first-order valence-corrected chi connectivity index (χ1v) is 7.27. The van der Waals surface area contributed by atoms with Crippen molar-refractivity contribution in [1.82, 2.24) is 9.36 Å². The van der Waals surface area contributed by atoms with Crippen LogP contribution < -0.4 is 11.1 Å². The van der Waals surface area contributed by atoms with Gasteiger partial charge in [-0.2, -0.15) is 0 Å². The molecule has 1 aliphatic heterocycles. The number of ether oxygens (including phenoxy) is 1. The summed E-state index contributed by atoms with van der Waals surface area (Å²) in [5.74, 6) is -0.638. The Bertz CT molecular complexity index is 928. The average Bonchev–Trinajstić information content (AvgIpc) is 2.46. The van der Waals surface area contributed by atoms with Gasteiger partial charge in [0.05, 0.1) is 23.9 Å². The molecule has 1 aliphatic rings. The van der Waals surface area contributed by atoms with Crippen LogP contribution in [-0.2, 0) is 22.6 Å². The monoisotopic (exact) mass is 320 g/mol. The number of nitrogens with zero attached hydrogens (tertiary/aromatic N) is 2. The van der Waals surface area contributed by atoms with Crippen LogP contribution in [0.5, 0.6) is 0 Å². The zero-order valence-electron chi connectivity index (χ0n) is 13.1. The molecule has 0 saturated carbocycles. The summed E-state index contributed by atoms with van der Waals surface area (Å²) in [5.41, 5.74) is -4.36. The highest BCUT2D eigenvalue weighted by Gasteiger charge is 2.53. The van der Waals surface area contributed by atoms with Crippen LogP contribution in [0, 0.1) is 0 Å². The first-order chi connectivity index (χ1) is 10.7. The van der Waals surface area contributed by atoms with Gasteiger partial charge in [-0.1, -0.05) is 12.1 Å². The van der Waals surface area contributed by atoms with Crippen LogP contribution >= 0.6 is 0 Å². The Morgan fingerprint density at radius 1 is 1.09 bits per heavy atom. The van der Waals surface area contributed by atoms with Crippen molar-refractivity contribution in [2.45, 2.75) is 45.1 Å². The number of aromatic nitrogens is 2. The van der Waals surface area contributed by atoms with Crippen LogP contribution in [0.2, 0.25) is 0 Å². The van der Waals surface area contributed by atoms with Crippen molar-refractivity contribution in [3.63, 3.8) is 0 Å². The Hall–Kier alpha value is -2.44. The largest absolute Gasteiger partial charge is 0.454 e. The molecule has 0 radical (unpaired) electrons. The topological polar surface area (TPSA) is 70.3 Å². The van der Waals surface area contributed by atoms with Crippen LogP contribution in [0.15, 0.2) is 33.9 Å². The highest BCUT2D eigenvalue weighted by atomic mass is 19.1. The summed E-state index contributed by atoms with van der Waals surface area (Å²) >= 11 is 0. The average molecular weight is 320 g/mol. The van der Waals surface area contributed by atoms with Crippen LogP contribution in [0.3, 0.4) is 0 Å². The maximum absolute atomic E-state index is 15.1. The van der Waals surface area contributed by atoms with Crippen molar-refractivity contribution in [3.8, 4) is 0 Å². The van der Waals surface area contributed by atoms with E-state index in [-0.39, 0.29) is 23.9 Å². The quantitative estimate of drug-likeness (QED) is 0.741. The Kier molecular flexibility index (Phi) is 3.21. The standard InChI is InChI=1S/C16H17FN2O4/c1-10(20)23-16(3)9-19-14(22)12-7-5-4-6-11(12)13(21)18(19)8-15(16,2)17/h4-7H,8-9H2,1-3H3/t15-,16-/m1/s1. The molecule has 0 fully saturated rings. The molecule has 122 valence electrons. The van der Waals surface area contributed by atoms with Gasteiger partial charge < -0.3 is 4.74 Å². The number of benzene rings is 1. The van der Waals surface area contributed by atoms with Gasteiger partial charge in [-0.25, -0.2) is 13.8 Å². The van der Waals surface area contributed by atoms with Gasteiger partial charge in [0.2, 0.25) is 0 Å². The van der Waals surface area contributed by atoms with E-state index in [9.17, 15) is 14.4 Å². The molecule has 2 heterocycles. The normalized spacial score (nSPS) is 26.8. The number of rotatable bonds is 1. The molecule has 6 nitrogen and oxygen atoms in total. The van der Waals surface area contributed by atoms with Gasteiger partial charge in [-0.05, 0) is 26.0 Å². The van der Waals surface area contributed by atoms with Gasteiger partial charge in [-0.15, -0.1) is 0 Å². The zero-order valence-corrected chi connectivity index (χ0v) is 13.1. The zero-order chi connectivity index (χ0) is 17.0. The molecular formula is C16H17FN2O4. The smallest absolute Gasteiger partial charge is 0.303 e. The van der Waals surface area contributed by atoms with E-state index in [4.69, 9.17) is 4.74 Å². The van der Waals surface area contributed by atoms with E-state index in [0.29, 0.717) is 0 Å². The Balaban J connectivity index is 2.30. The second-order valence-corrected chi connectivity index (χ2v) is 6.29. The summed E-state index contributed by atoms with van der Waals surface area (Å²) in [7, 11) is 0. The molecule has 2 atom stereocenters. The number of halogens is 1. The highest BCUT2D eigenvalue weighted by Crippen LogP contribution is 2.35. The second-order valence-electron chi connectivity index (χ2n) is 6.29. The molecule has 1 aromatic heterocycles. The van der Waals surface area contributed by atoms with Crippen molar-refractivity contribution < 1.29 is 13.9 Å². The van der Waals surface area contributed by atoms with Gasteiger partial charge >= 0.3 is 5.97 Å². The summed E-state index contributed by atoms with van der Waals surface area (Å²) in [6, 6.07) is 6.41. The number of alkyl halides is 1. The predicted octanol–water partition coefficient (Wildman–Crippen LogP) is 1.23. The van der Waals surface area contributed by atoms with E-state index in [1.54, 1.807) is 24.3 Å². The molecule has 23 heavy (non-hydrogen) atoms. The first-order valence-electron chi connectivity index (χ1n) is 7.27. The van der Waals surface area contributed by atoms with Crippen LogP contribution in [0.25, 0.3) is 10.8 Å². The summed E-state index contributed by atoms with van der Waals surface area (Å²) in [5, 5.41) is 0.516. The lowest BCUT2D eigenvalue weighted by Gasteiger charge is -2.44. The molecule has 0 bridgehead atoms. The van der Waals surface area contributed by atoms with E-state index in [1.807, 2.05) is 0 Å². The maximum Gasteiger partial charge on any atom is 0.303 e. The van der Waals surface area contributed by atoms with Gasteiger partial charge in [0.15, 0.2) is 11.3 Å². The minimum atomic E-state index is -1.99. The molecule has 1 aromatic carbocycles. The number of esters is 1. The molecule has 7 heteroatoms. The van der Waals surface area contributed by atoms with Crippen molar-refractivity contribution >= 4 is 16.7 Å².